The summed E-state index contributed by atoms with van der Waals surface area (Å²) in [6.07, 6.45) is -0.207. The molecule has 1 aromatic carbocycles. The lowest BCUT2D eigenvalue weighted by molar-refractivity contribution is -0.139. The Kier molecular flexibility index (Phi) is 5.52. The summed E-state index contributed by atoms with van der Waals surface area (Å²) in [6, 6.07) is 4.40. The molecule has 0 heterocycles. The van der Waals surface area contributed by atoms with E-state index in [4.69, 9.17) is 16.9 Å². The van der Waals surface area contributed by atoms with Crippen molar-refractivity contribution in [1.29, 1.82) is 5.26 Å². The van der Waals surface area contributed by atoms with Crippen LogP contribution in [0.25, 0.3) is 0 Å². The number of hydrogen-bond acceptors (Lipinski definition) is 4. The first-order valence-electron chi connectivity index (χ1n) is 5.15. The second-order valence-electron chi connectivity index (χ2n) is 3.49. The minimum atomic E-state index is -3.01. The maximum Gasteiger partial charge on any atom is 0.387 e. The summed E-state index contributed by atoms with van der Waals surface area (Å²) in [5.41, 5.74) is 0.675. The van der Waals surface area contributed by atoms with E-state index in [0.717, 1.165) is 0 Å². The van der Waals surface area contributed by atoms with Crippen molar-refractivity contribution in [3.63, 3.8) is 0 Å². The first-order valence-corrected chi connectivity index (χ1v) is 5.68. The highest BCUT2D eigenvalue weighted by Crippen LogP contribution is 2.27. The number of hydrogen-bond donors (Lipinski definition) is 0. The van der Waals surface area contributed by atoms with Gasteiger partial charge in [0.1, 0.15) is 5.75 Å². The van der Waals surface area contributed by atoms with Gasteiger partial charge in [-0.15, -0.1) is 11.6 Å². The summed E-state index contributed by atoms with van der Waals surface area (Å²) in [7, 11) is 1.19. The first kappa shape index (κ1) is 15.2. The van der Waals surface area contributed by atoms with Gasteiger partial charge >= 0.3 is 12.6 Å². The fourth-order valence-electron chi connectivity index (χ4n) is 1.45. The van der Waals surface area contributed by atoms with Gasteiger partial charge in [-0.25, -0.2) is 0 Å². The third-order valence-corrected chi connectivity index (χ3v) is 2.62. The van der Waals surface area contributed by atoms with Crippen molar-refractivity contribution in [2.24, 2.45) is 0 Å². The van der Waals surface area contributed by atoms with Crippen molar-refractivity contribution in [2.75, 3.05) is 7.11 Å². The average molecular weight is 290 g/mol. The van der Waals surface area contributed by atoms with Crippen molar-refractivity contribution in [3.05, 3.63) is 28.8 Å². The van der Waals surface area contributed by atoms with Gasteiger partial charge < -0.3 is 9.47 Å². The summed E-state index contributed by atoms with van der Waals surface area (Å²) >= 11 is 5.60. The topological polar surface area (TPSA) is 59.3 Å². The van der Waals surface area contributed by atoms with Crippen LogP contribution in [-0.4, -0.2) is 19.7 Å². The highest BCUT2D eigenvalue weighted by Gasteiger charge is 2.16. The maximum atomic E-state index is 12.3. The zero-order chi connectivity index (χ0) is 14.4. The largest absolute Gasteiger partial charge is 0.469 e. The Morgan fingerprint density at radius 1 is 1.47 bits per heavy atom. The standard InChI is InChI=1S/C12H10ClF2NO3/c1-18-11(17)4-7-3-10(19-12(14)15)8(5-13)2-9(7)6-16/h2-3,12H,4-5H2,1H3. The molecule has 0 fully saturated rings. The molecule has 0 amide bonds. The molecule has 0 bridgehead atoms. The smallest absolute Gasteiger partial charge is 0.387 e. The predicted molar refractivity (Wildman–Crippen MR) is 63.1 cm³/mol. The van der Waals surface area contributed by atoms with Crippen LogP contribution in [0, 0.1) is 11.3 Å². The Morgan fingerprint density at radius 2 is 2.16 bits per heavy atom. The fraction of sp³-hybridized carbons (Fsp3) is 0.333. The molecule has 7 heteroatoms. The molecule has 1 rings (SSSR count). The minimum Gasteiger partial charge on any atom is -0.469 e. The Balaban J connectivity index is 3.21. The minimum absolute atomic E-state index is 0.0881. The second-order valence-corrected chi connectivity index (χ2v) is 3.76. The molecule has 0 aliphatic rings. The van der Waals surface area contributed by atoms with Gasteiger partial charge in [0.25, 0.3) is 0 Å². The van der Waals surface area contributed by atoms with Crippen molar-refractivity contribution < 1.29 is 23.0 Å². The van der Waals surface area contributed by atoms with E-state index in [1.807, 2.05) is 6.07 Å². The summed E-state index contributed by atoms with van der Waals surface area (Å²) in [6.45, 7) is -3.01. The third-order valence-electron chi connectivity index (χ3n) is 2.33. The van der Waals surface area contributed by atoms with Gasteiger partial charge in [-0.3, -0.25) is 4.79 Å². The molecular formula is C12H10ClF2NO3. The van der Waals surface area contributed by atoms with E-state index in [2.05, 4.69) is 9.47 Å². The second kappa shape index (κ2) is 6.90. The van der Waals surface area contributed by atoms with Gasteiger partial charge in [0.05, 0.1) is 31.0 Å². The van der Waals surface area contributed by atoms with Crippen LogP contribution in [0.2, 0.25) is 0 Å². The summed E-state index contributed by atoms with van der Waals surface area (Å²) < 4.78 is 33.3. The van der Waals surface area contributed by atoms with Crippen LogP contribution in [0.1, 0.15) is 16.7 Å². The molecule has 0 aliphatic carbocycles. The van der Waals surface area contributed by atoms with Crippen molar-refractivity contribution in [1.82, 2.24) is 0 Å². The van der Waals surface area contributed by atoms with Crippen LogP contribution >= 0.6 is 11.6 Å². The molecular weight excluding hydrogens is 280 g/mol. The molecule has 0 atom stereocenters. The molecule has 19 heavy (non-hydrogen) atoms. The Morgan fingerprint density at radius 3 is 2.63 bits per heavy atom. The summed E-state index contributed by atoms with van der Waals surface area (Å²) in [5.74, 6) is -0.823. The molecule has 0 spiro atoms. The van der Waals surface area contributed by atoms with Crippen molar-refractivity contribution in [3.8, 4) is 11.8 Å². The van der Waals surface area contributed by atoms with E-state index >= 15 is 0 Å². The van der Waals surface area contributed by atoms with Crippen LogP contribution in [0.15, 0.2) is 12.1 Å². The van der Waals surface area contributed by atoms with Gasteiger partial charge in [0.2, 0.25) is 0 Å². The number of methoxy groups -OCH3 is 1. The third kappa shape index (κ3) is 4.07. The molecule has 0 radical (unpaired) electrons. The van der Waals surface area contributed by atoms with E-state index in [0.29, 0.717) is 0 Å². The first-order chi connectivity index (χ1) is 9.01. The van der Waals surface area contributed by atoms with Crippen LogP contribution in [0.5, 0.6) is 5.75 Å². The number of nitrogens with zero attached hydrogens (tertiary/aromatic N) is 1. The maximum absolute atomic E-state index is 12.3. The van der Waals surface area contributed by atoms with Crippen molar-refractivity contribution >= 4 is 17.6 Å². The lowest BCUT2D eigenvalue weighted by atomic mass is 10.0. The zero-order valence-corrected chi connectivity index (χ0v) is 10.7. The lowest BCUT2D eigenvalue weighted by Crippen LogP contribution is -2.09. The zero-order valence-electron chi connectivity index (χ0n) is 9.95. The average Bonchev–Trinajstić information content (AvgIpc) is 2.38. The van der Waals surface area contributed by atoms with Crippen LogP contribution in [0.3, 0.4) is 0 Å². The Hall–Kier alpha value is -1.87. The lowest BCUT2D eigenvalue weighted by Gasteiger charge is -2.12. The predicted octanol–water partition coefficient (Wildman–Crippen LogP) is 2.61. The number of carbonyl (C=O) groups excluding carboxylic acids is 1. The fourth-order valence-corrected chi connectivity index (χ4v) is 1.66. The monoisotopic (exact) mass is 289 g/mol. The van der Waals surface area contributed by atoms with Gasteiger partial charge in [-0.1, -0.05) is 0 Å². The molecule has 0 saturated carbocycles. The molecule has 1 aromatic rings. The highest BCUT2D eigenvalue weighted by atomic mass is 35.5. The number of alkyl halides is 3. The number of esters is 1. The highest BCUT2D eigenvalue weighted by molar-refractivity contribution is 6.17. The van der Waals surface area contributed by atoms with Crippen LogP contribution < -0.4 is 4.74 Å². The number of nitriles is 1. The Labute approximate surface area is 113 Å². The quantitative estimate of drug-likeness (QED) is 0.617. The number of carbonyl (C=O) groups is 1. The molecule has 4 nitrogen and oxygen atoms in total. The van der Waals surface area contributed by atoms with E-state index in [-0.39, 0.29) is 34.7 Å². The Bertz CT molecular complexity index is 514. The van der Waals surface area contributed by atoms with E-state index in [9.17, 15) is 13.6 Å². The number of rotatable bonds is 5. The number of ether oxygens (including phenoxy) is 2. The van der Waals surface area contributed by atoms with Gasteiger partial charge in [0.15, 0.2) is 0 Å². The van der Waals surface area contributed by atoms with E-state index in [1.165, 1.54) is 19.2 Å². The molecule has 102 valence electrons. The molecule has 0 aromatic heterocycles. The normalized spacial score (nSPS) is 10.1. The molecule has 0 saturated heterocycles. The van der Waals surface area contributed by atoms with Gasteiger partial charge in [-0.05, 0) is 17.7 Å². The van der Waals surface area contributed by atoms with Crippen molar-refractivity contribution in [2.45, 2.75) is 18.9 Å². The SMILES string of the molecule is COC(=O)Cc1cc(OC(F)F)c(CCl)cc1C#N. The molecule has 0 aliphatic heterocycles. The molecule has 0 unspecified atom stereocenters. The number of benzene rings is 1. The molecule has 0 N–H and O–H groups in total. The summed E-state index contributed by atoms with van der Waals surface area (Å²) in [5, 5.41) is 8.96. The summed E-state index contributed by atoms with van der Waals surface area (Å²) in [4.78, 5) is 11.2. The number of halogens is 3. The van der Waals surface area contributed by atoms with Crippen LogP contribution in [0.4, 0.5) is 8.78 Å². The van der Waals surface area contributed by atoms with Gasteiger partial charge in [0, 0.05) is 5.56 Å². The van der Waals surface area contributed by atoms with Gasteiger partial charge in [-0.2, -0.15) is 14.0 Å². The van der Waals surface area contributed by atoms with E-state index in [1.54, 1.807) is 0 Å². The van der Waals surface area contributed by atoms with Crippen LogP contribution in [-0.2, 0) is 21.8 Å². The van der Waals surface area contributed by atoms with E-state index < -0.39 is 12.6 Å².